The maximum Gasteiger partial charge on any atom is 0.237 e. The van der Waals surface area contributed by atoms with E-state index in [1.807, 2.05) is 6.07 Å². The molecule has 0 bridgehead atoms. The molecule has 0 heterocycles. The first-order valence-corrected chi connectivity index (χ1v) is 5.64. The standard InChI is InChI=1S/C11H17N3O2/c1-2-8(7-12)10(15)13-5-6-14-11(16)9-3-4-9/h8-9H,2-6H2,1H3,(H,13,15)(H,14,16). The van der Waals surface area contributed by atoms with Crippen LogP contribution in [-0.2, 0) is 9.59 Å². The van der Waals surface area contributed by atoms with E-state index in [0.29, 0.717) is 19.5 Å². The molecule has 0 radical (unpaired) electrons. The van der Waals surface area contributed by atoms with Gasteiger partial charge in [0.1, 0.15) is 5.92 Å². The average Bonchev–Trinajstić information content (AvgIpc) is 3.09. The van der Waals surface area contributed by atoms with E-state index < -0.39 is 5.92 Å². The molecular formula is C11H17N3O2. The Balaban J connectivity index is 2.08. The minimum atomic E-state index is -0.584. The van der Waals surface area contributed by atoms with E-state index in [1.54, 1.807) is 6.92 Å². The highest BCUT2D eigenvalue weighted by Crippen LogP contribution is 2.28. The van der Waals surface area contributed by atoms with Crippen LogP contribution in [0.15, 0.2) is 0 Å². The van der Waals surface area contributed by atoms with Crippen LogP contribution in [0.5, 0.6) is 0 Å². The number of hydrogen-bond acceptors (Lipinski definition) is 3. The summed E-state index contributed by atoms with van der Waals surface area (Å²) in [4.78, 5) is 22.6. The van der Waals surface area contributed by atoms with Gasteiger partial charge in [-0.15, -0.1) is 0 Å². The summed E-state index contributed by atoms with van der Waals surface area (Å²) in [5.74, 6) is -0.579. The highest BCUT2D eigenvalue weighted by Gasteiger charge is 2.29. The van der Waals surface area contributed by atoms with E-state index in [-0.39, 0.29) is 17.7 Å². The van der Waals surface area contributed by atoms with Gasteiger partial charge in [0, 0.05) is 19.0 Å². The Kier molecular flexibility index (Phi) is 4.77. The molecule has 0 aliphatic heterocycles. The molecule has 1 rings (SSSR count). The number of amides is 2. The first-order valence-electron chi connectivity index (χ1n) is 5.64. The maximum atomic E-state index is 11.3. The van der Waals surface area contributed by atoms with Crippen molar-refractivity contribution < 1.29 is 9.59 Å². The molecule has 1 atom stereocenters. The zero-order valence-corrected chi connectivity index (χ0v) is 9.45. The Morgan fingerprint density at radius 3 is 2.50 bits per heavy atom. The van der Waals surface area contributed by atoms with Crippen LogP contribution in [-0.4, -0.2) is 24.9 Å². The number of rotatable bonds is 6. The highest BCUT2D eigenvalue weighted by atomic mass is 16.2. The van der Waals surface area contributed by atoms with E-state index >= 15 is 0 Å². The van der Waals surface area contributed by atoms with Crippen LogP contribution in [0.3, 0.4) is 0 Å². The van der Waals surface area contributed by atoms with Crippen LogP contribution in [0.1, 0.15) is 26.2 Å². The van der Waals surface area contributed by atoms with Crippen molar-refractivity contribution in [2.45, 2.75) is 26.2 Å². The summed E-state index contributed by atoms with van der Waals surface area (Å²) in [7, 11) is 0. The summed E-state index contributed by atoms with van der Waals surface area (Å²) in [6.07, 6.45) is 2.46. The Morgan fingerprint density at radius 1 is 1.38 bits per heavy atom. The second-order valence-corrected chi connectivity index (χ2v) is 3.95. The molecule has 2 amide bonds. The van der Waals surface area contributed by atoms with Crippen molar-refractivity contribution in [3.8, 4) is 6.07 Å². The third-order valence-electron chi connectivity index (χ3n) is 2.55. The summed E-state index contributed by atoms with van der Waals surface area (Å²) < 4.78 is 0. The van der Waals surface area contributed by atoms with Gasteiger partial charge in [0.15, 0.2) is 0 Å². The zero-order chi connectivity index (χ0) is 12.0. The molecule has 1 unspecified atom stereocenters. The van der Waals surface area contributed by atoms with E-state index in [1.165, 1.54) is 0 Å². The SMILES string of the molecule is CCC(C#N)C(=O)NCCNC(=O)C1CC1. The van der Waals surface area contributed by atoms with E-state index in [9.17, 15) is 9.59 Å². The Labute approximate surface area is 95.2 Å². The zero-order valence-electron chi connectivity index (χ0n) is 9.45. The van der Waals surface area contributed by atoms with Gasteiger partial charge in [0.05, 0.1) is 6.07 Å². The van der Waals surface area contributed by atoms with Gasteiger partial charge in [0.2, 0.25) is 11.8 Å². The largest absolute Gasteiger partial charge is 0.354 e. The number of nitrogens with one attached hydrogen (secondary N) is 2. The third-order valence-corrected chi connectivity index (χ3v) is 2.55. The first-order chi connectivity index (χ1) is 7.69. The lowest BCUT2D eigenvalue weighted by molar-refractivity contribution is -0.124. The third kappa shape index (κ3) is 3.89. The van der Waals surface area contributed by atoms with Gasteiger partial charge < -0.3 is 10.6 Å². The second-order valence-electron chi connectivity index (χ2n) is 3.95. The molecule has 5 heteroatoms. The van der Waals surface area contributed by atoms with Crippen molar-refractivity contribution in [2.24, 2.45) is 11.8 Å². The summed E-state index contributed by atoms with van der Waals surface area (Å²) >= 11 is 0. The predicted molar refractivity (Wildman–Crippen MR) is 58.1 cm³/mol. The number of carbonyl (C=O) groups is 2. The highest BCUT2D eigenvalue weighted by molar-refractivity contribution is 5.82. The van der Waals surface area contributed by atoms with Crippen LogP contribution in [0, 0.1) is 23.2 Å². The van der Waals surface area contributed by atoms with Crippen LogP contribution in [0.2, 0.25) is 0 Å². The van der Waals surface area contributed by atoms with Gasteiger partial charge in [-0.05, 0) is 19.3 Å². The predicted octanol–water partition coefficient (Wildman–Crippen LogP) is 0.179. The number of nitriles is 1. The molecule has 1 aliphatic rings. The fourth-order valence-electron chi connectivity index (χ4n) is 1.32. The van der Waals surface area contributed by atoms with Crippen molar-refractivity contribution in [3.63, 3.8) is 0 Å². The van der Waals surface area contributed by atoms with Crippen molar-refractivity contribution >= 4 is 11.8 Å². The summed E-state index contributed by atoms with van der Waals surface area (Å²) in [6.45, 7) is 2.61. The topological polar surface area (TPSA) is 82.0 Å². The molecule has 88 valence electrons. The molecule has 1 fully saturated rings. The molecule has 5 nitrogen and oxygen atoms in total. The minimum Gasteiger partial charge on any atom is -0.354 e. The normalized spacial score (nSPS) is 16.0. The first kappa shape index (κ1) is 12.5. The summed E-state index contributed by atoms with van der Waals surface area (Å²) in [5.41, 5.74) is 0. The van der Waals surface area contributed by atoms with Crippen LogP contribution < -0.4 is 10.6 Å². The molecule has 0 saturated heterocycles. The molecular weight excluding hydrogens is 206 g/mol. The Hall–Kier alpha value is -1.57. The quantitative estimate of drug-likeness (QED) is 0.630. The van der Waals surface area contributed by atoms with Gasteiger partial charge in [-0.2, -0.15) is 5.26 Å². The van der Waals surface area contributed by atoms with Gasteiger partial charge in [-0.25, -0.2) is 0 Å². The van der Waals surface area contributed by atoms with Gasteiger partial charge in [-0.3, -0.25) is 9.59 Å². The van der Waals surface area contributed by atoms with E-state index in [0.717, 1.165) is 12.8 Å². The summed E-state index contributed by atoms with van der Waals surface area (Å²) in [5, 5.41) is 14.0. The number of nitrogens with zero attached hydrogens (tertiary/aromatic N) is 1. The monoisotopic (exact) mass is 223 g/mol. The van der Waals surface area contributed by atoms with Gasteiger partial charge in [-0.1, -0.05) is 6.92 Å². The lowest BCUT2D eigenvalue weighted by atomic mass is 10.1. The molecule has 2 N–H and O–H groups in total. The van der Waals surface area contributed by atoms with Crippen molar-refractivity contribution in [2.75, 3.05) is 13.1 Å². The van der Waals surface area contributed by atoms with Crippen LogP contribution in [0.25, 0.3) is 0 Å². The lowest BCUT2D eigenvalue weighted by Gasteiger charge is -2.08. The van der Waals surface area contributed by atoms with E-state index in [2.05, 4.69) is 10.6 Å². The Bertz CT molecular complexity index is 305. The molecule has 0 aromatic heterocycles. The minimum absolute atomic E-state index is 0.0709. The van der Waals surface area contributed by atoms with Gasteiger partial charge in [0.25, 0.3) is 0 Å². The number of carbonyl (C=O) groups excluding carboxylic acids is 2. The smallest absolute Gasteiger partial charge is 0.237 e. The lowest BCUT2D eigenvalue weighted by Crippen LogP contribution is -2.37. The fourth-order valence-corrected chi connectivity index (χ4v) is 1.32. The molecule has 0 aromatic carbocycles. The fraction of sp³-hybridized carbons (Fsp3) is 0.727. The van der Waals surface area contributed by atoms with Crippen LogP contribution >= 0.6 is 0 Å². The molecule has 0 spiro atoms. The molecule has 16 heavy (non-hydrogen) atoms. The van der Waals surface area contributed by atoms with Crippen molar-refractivity contribution in [1.29, 1.82) is 5.26 Å². The Morgan fingerprint density at radius 2 is 2.00 bits per heavy atom. The van der Waals surface area contributed by atoms with Crippen LogP contribution in [0.4, 0.5) is 0 Å². The van der Waals surface area contributed by atoms with Crippen molar-refractivity contribution in [1.82, 2.24) is 10.6 Å². The summed E-state index contributed by atoms with van der Waals surface area (Å²) in [6, 6.07) is 1.93. The number of hydrogen-bond donors (Lipinski definition) is 2. The average molecular weight is 223 g/mol. The maximum absolute atomic E-state index is 11.3. The van der Waals surface area contributed by atoms with Gasteiger partial charge >= 0.3 is 0 Å². The van der Waals surface area contributed by atoms with Crippen molar-refractivity contribution in [3.05, 3.63) is 0 Å². The molecule has 1 saturated carbocycles. The molecule has 0 aromatic rings. The molecule has 1 aliphatic carbocycles. The second kappa shape index (κ2) is 6.11. The van der Waals surface area contributed by atoms with E-state index in [4.69, 9.17) is 5.26 Å².